The highest BCUT2D eigenvalue weighted by molar-refractivity contribution is 5.92. The number of nitrogens with one attached hydrogen (secondary N) is 2. The van der Waals surface area contributed by atoms with Crippen molar-refractivity contribution in [3.63, 3.8) is 0 Å². The van der Waals surface area contributed by atoms with E-state index in [1.807, 2.05) is 18.2 Å². The van der Waals surface area contributed by atoms with Crippen LogP contribution in [0.25, 0.3) is 11.1 Å². The number of nitrogens with zero attached hydrogens (tertiary/aromatic N) is 2. The maximum atomic E-state index is 11.8. The third kappa shape index (κ3) is 3.93. The highest BCUT2D eigenvalue weighted by atomic mass is 16.6. The van der Waals surface area contributed by atoms with E-state index in [1.54, 1.807) is 37.4 Å². The molecule has 2 aromatic heterocycles. The Morgan fingerprint density at radius 2 is 1.84 bits per heavy atom. The number of oxazole rings is 1. The number of carbonyl (C=O) groups is 1. The zero-order chi connectivity index (χ0) is 21.2. The van der Waals surface area contributed by atoms with Gasteiger partial charge >= 0.3 is 0 Å². The van der Waals surface area contributed by atoms with Crippen molar-refractivity contribution in [1.82, 2.24) is 15.3 Å². The molecule has 0 aliphatic carbocycles. The zero-order valence-electron chi connectivity index (χ0n) is 16.5. The number of aromatic nitrogens is 2. The van der Waals surface area contributed by atoms with Gasteiger partial charge in [0.15, 0.2) is 17.1 Å². The van der Waals surface area contributed by atoms with Crippen molar-refractivity contribution >= 4 is 28.7 Å². The van der Waals surface area contributed by atoms with E-state index in [1.165, 1.54) is 6.20 Å². The fourth-order valence-corrected chi connectivity index (χ4v) is 3.13. The average molecular weight is 418 g/mol. The van der Waals surface area contributed by atoms with E-state index < -0.39 is 0 Å². The molecular weight excluding hydrogens is 400 g/mol. The quantitative estimate of drug-likeness (QED) is 0.503. The Bertz CT molecular complexity index is 1270. The minimum atomic E-state index is -0.286. The van der Waals surface area contributed by atoms with Gasteiger partial charge in [-0.1, -0.05) is 0 Å². The van der Waals surface area contributed by atoms with E-state index in [0.717, 1.165) is 5.69 Å². The molecule has 9 heteroatoms. The normalized spacial score (nSPS) is 12.4. The highest BCUT2D eigenvalue weighted by Crippen LogP contribution is 2.34. The first-order chi connectivity index (χ1) is 15.2. The molecule has 0 saturated heterocycles. The third-order valence-electron chi connectivity index (χ3n) is 4.58. The molecule has 5 rings (SSSR count). The number of ether oxygens (including phenoxy) is 3. The number of anilines is 2. The molecule has 1 amide bonds. The topological polar surface area (TPSA) is 108 Å². The highest BCUT2D eigenvalue weighted by Gasteiger charge is 2.14. The Morgan fingerprint density at radius 1 is 1.00 bits per heavy atom. The van der Waals surface area contributed by atoms with Gasteiger partial charge in [-0.25, -0.2) is 0 Å². The van der Waals surface area contributed by atoms with E-state index in [-0.39, 0.29) is 11.6 Å². The predicted octanol–water partition coefficient (Wildman–Crippen LogP) is 3.89. The van der Waals surface area contributed by atoms with Crippen LogP contribution >= 0.6 is 0 Å². The van der Waals surface area contributed by atoms with Crippen LogP contribution in [0.15, 0.2) is 59.1 Å². The molecule has 0 saturated carbocycles. The summed E-state index contributed by atoms with van der Waals surface area (Å²) >= 11 is 0. The molecule has 0 fully saturated rings. The second-order valence-electron chi connectivity index (χ2n) is 6.69. The van der Waals surface area contributed by atoms with Crippen molar-refractivity contribution in [3.05, 3.63) is 60.4 Å². The fourth-order valence-electron chi connectivity index (χ4n) is 3.13. The first-order valence-corrected chi connectivity index (χ1v) is 9.61. The summed E-state index contributed by atoms with van der Waals surface area (Å²) < 4.78 is 22.8. The van der Waals surface area contributed by atoms with E-state index >= 15 is 0 Å². The first kappa shape index (κ1) is 18.7. The fraction of sp³-hybridized carbons (Fsp3) is 0.136. The SMILES string of the molecule is CNC(=O)c1cc(Oc2ccc3nc(Nc4ccc5c(c4)OCCO5)oc3c2)ccn1. The van der Waals surface area contributed by atoms with Crippen LogP contribution in [-0.4, -0.2) is 36.1 Å². The van der Waals surface area contributed by atoms with Crippen molar-refractivity contribution in [2.45, 2.75) is 0 Å². The van der Waals surface area contributed by atoms with Gasteiger partial charge in [0.05, 0.1) is 0 Å². The van der Waals surface area contributed by atoms with Crippen LogP contribution in [0.3, 0.4) is 0 Å². The molecule has 9 nitrogen and oxygen atoms in total. The van der Waals surface area contributed by atoms with Gasteiger partial charge in [-0.2, -0.15) is 4.98 Å². The molecule has 4 aromatic rings. The molecule has 0 spiro atoms. The number of carbonyl (C=O) groups excluding carboxylic acids is 1. The van der Waals surface area contributed by atoms with E-state index in [0.29, 0.717) is 53.3 Å². The second-order valence-corrected chi connectivity index (χ2v) is 6.69. The molecule has 0 atom stereocenters. The molecule has 1 aliphatic heterocycles. The van der Waals surface area contributed by atoms with Crippen molar-refractivity contribution in [2.75, 3.05) is 25.6 Å². The van der Waals surface area contributed by atoms with Gasteiger partial charge in [-0.3, -0.25) is 9.78 Å². The van der Waals surface area contributed by atoms with Gasteiger partial charge in [0.25, 0.3) is 11.9 Å². The van der Waals surface area contributed by atoms with Crippen LogP contribution in [0.5, 0.6) is 23.0 Å². The zero-order valence-corrected chi connectivity index (χ0v) is 16.5. The number of hydrogen-bond donors (Lipinski definition) is 2. The Labute approximate surface area is 177 Å². The predicted molar refractivity (Wildman–Crippen MR) is 112 cm³/mol. The maximum Gasteiger partial charge on any atom is 0.300 e. The summed E-state index contributed by atoms with van der Waals surface area (Å²) in [7, 11) is 1.55. The summed E-state index contributed by atoms with van der Waals surface area (Å²) in [6.07, 6.45) is 1.52. The lowest BCUT2D eigenvalue weighted by Crippen LogP contribution is -2.18. The van der Waals surface area contributed by atoms with Gasteiger partial charge in [-0.15, -0.1) is 0 Å². The molecule has 2 aromatic carbocycles. The Hall–Kier alpha value is -4.27. The molecule has 0 radical (unpaired) electrons. The van der Waals surface area contributed by atoms with Crippen LogP contribution < -0.4 is 24.8 Å². The smallest absolute Gasteiger partial charge is 0.300 e. The number of hydrogen-bond acceptors (Lipinski definition) is 8. The van der Waals surface area contributed by atoms with Crippen molar-refractivity contribution < 1.29 is 23.4 Å². The lowest BCUT2D eigenvalue weighted by Gasteiger charge is -2.18. The molecule has 1 aliphatic rings. The molecule has 0 bridgehead atoms. The van der Waals surface area contributed by atoms with Crippen LogP contribution in [0.1, 0.15) is 10.5 Å². The van der Waals surface area contributed by atoms with Gasteiger partial charge in [0.1, 0.15) is 35.9 Å². The molecular formula is C22H18N4O5. The molecule has 31 heavy (non-hydrogen) atoms. The summed E-state index contributed by atoms with van der Waals surface area (Å²) in [6.45, 7) is 1.06. The Morgan fingerprint density at radius 3 is 2.71 bits per heavy atom. The van der Waals surface area contributed by atoms with Crippen LogP contribution in [0.2, 0.25) is 0 Å². The molecule has 2 N–H and O–H groups in total. The molecule has 156 valence electrons. The second kappa shape index (κ2) is 7.86. The summed E-state index contributed by atoms with van der Waals surface area (Å²) in [5, 5.41) is 5.67. The van der Waals surface area contributed by atoms with Gasteiger partial charge in [0.2, 0.25) is 0 Å². The Balaban J connectivity index is 1.35. The summed E-state index contributed by atoms with van der Waals surface area (Å²) in [5.74, 6) is 2.14. The van der Waals surface area contributed by atoms with Crippen LogP contribution in [0.4, 0.5) is 11.7 Å². The Kier molecular flexibility index (Phi) is 4.75. The average Bonchev–Trinajstić information content (AvgIpc) is 3.20. The first-order valence-electron chi connectivity index (χ1n) is 9.61. The van der Waals surface area contributed by atoms with Crippen molar-refractivity contribution in [3.8, 4) is 23.0 Å². The summed E-state index contributed by atoms with van der Waals surface area (Å²) in [6, 6.07) is 14.4. The number of rotatable bonds is 5. The van der Waals surface area contributed by atoms with Crippen molar-refractivity contribution in [1.29, 1.82) is 0 Å². The number of fused-ring (bicyclic) bond motifs is 2. The van der Waals surface area contributed by atoms with E-state index in [2.05, 4.69) is 20.6 Å². The van der Waals surface area contributed by atoms with Gasteiger partial charge in [0, 0.05) is 37.1 Å². The minimum Gasteiger partial charge on any atom is -0.486 e. The van der Waals surface area contributed by atoms with Gasteiger partial charge in [-0.05, 0) is 30.3 Å². The number of pyridine rings is 1. The minimum absolute atomic E-state index is 0.270. The monoisotopic (exact) mass is 418 g/mol. The van der Waals surface area contributed by atoms with E-state index in [9.17, 15) is 4.79 Å². The summed E-state index contributed by atoms with van der Waals surface area (Å²) in [5.41, 5.74) is 2.27. The van der Waals surface area contributed by atoms with Crippen LogP contribution in [0, 0.1) is 0 Å². The molecule has 3 heterocycles. The summed E-state index contributed by atoms with van der Waals surface area (Å²) in [4.78, 5) is 20.2. The van der Waals surface area contributed by atoms with Crippen LogP contribution in [-0.2, 0) is 0 Å². The van der Waals surface area contributed by atoms with Gasteiger partial charge < -0.3 is 29.3 Å². The standard InChI is InChI=1S/C22H18N4O5/c1-23-21(27)17-11-15(6-7-24-17)30-14-3-4-16-19(12-14)31-22(26-16)25-13-2-5-18-20(10-13)29-9-8-28-18/h2-7,10-12H,8-9H2,1H3,(H,23,27)(H,25,26). The third-order valence-corrected chi connectivity index (χ3v) is 4.58. The number of amides is 1. The van der Waals surface area contributed by atoms with Crippen molar-refractivity contribution in [2.24, 2.45) is 0 Å². The lowest BCUT2D eigenvalue weighted by atomic mass is 10.2. The van der Waals surface area contributed by atoms with E-state index in [4.69, 9.17) is 18.6 Å². The largest absolute Gasteiger partial charge is 0.486 e. The molecule has 0 unspecified atom stereocenters. The maximum absolute atomic E-state index is 11.8. The number of benzene rings is 2. The lowest BCUT2D eigenvalue weighted by molar-refractivity contribution is 0.0958.